The minimum absolute atomic E-state index is 0.0933. The molecule has 3 saturated carbocycles. The first-order valence-electron chi connectivity index (χ1n) is 9.53. The van der Waals surface area contributed by atoms with Crippen LogP contribution in [0.3, 0.4) is 0 Å². The molecule has 134 valence electrons. The summed E-state index contributed by atoms with van der Waals surface area (Å²) >= 11 is 0. The van der Waals surface area contributed by atoms with Gasteiger partial charge < -0.3 is 10.1 Å². The molecule has 1 amide bonds. The molecule has 4 heteroatoms. The van der Waals surface area contributed by atoms with E-state index in [1.54, 1.807) is 0 Å². The molecule has 0 radical (unpaired) electrons. The van der Waals surface area contributed by atoms with Gasteiger partial charge in [-0.25, -0.2) is 4.79 Å². The Morgan fingerprint density at radius 3 is 2.68 bits per heavy atom. The SMILES string of the molecule is COC(=O)[C@@H](Cc1ccccc1)NC(=O)[C@]12C[C@@H]3CC[C@H]1C[C@@H](C3)C2. The lowest BCUT2D eigenvalue weighted by atomic mass is 9.61. The number of carbonyl (C=O) groups excluding carboxylic acids is 2. The van der Waals surface area contributed by atoms with E-state index in [1.807, 2.05) is 30.3 Å². The molecule has 5 atom stereocenters. The molecule has 0 saturated heterocycles. The predicted molar refractivity (Wildman–Crippen MR) is 94.7 cm³/mol. The molecule has 3 aliphatic carbocycles. The molecule has 0 unspecified atom stereocenters. The largest absolute Gasteiger partial charge is 0.467 e. The topological polar surface area (TPSA) is 55.4 Å². The van der Waals surface area contributed by atoms with Gasteiger partial charge in [0.05, 0.1) is 12.5 Å². The van der Waals surface area contributed by atoms with Crippen molar-refractivity contribution in [2.24, 2.45) is 23.2 Å². The highest BCUT2D eigenvalue weighted by molar-refractivity contribution is 5.89. The van der Waals surface area contributed by atoms with Gasteiger partial charge in [-0.05, 0) is 55.4 Å². The maximum Gasteiger partial charge on any atom is 0.328 e. The fraction of sp³-hybridized carbons (Fsp3) is 0.619. The van der Waals surface area contributed by atoms with E-state index in [9.17, 15) is 9.59 Å². The van der Waals surface area contributed by atoms with Gasteiger partial charge >= 0.3 is 5.97 Å². The number of hydrogen-bond donors (Lipinski definition) is 1. The fourth-order valence-corrected chi connectivity index (χ4v) is 5.80. The van der Waals surface area contributed by atoms with Crippen LogP contribution in [-0.2, 0) is 20.7 Å². The Morgan fingerprint density at radius 1 is 1.16 bits per heavy atom. The van der Waals surface area contributed by atoms with E-state index in [0.717, 1.165) is 18.4 Å². The average Bonchev–Trinajstić information content (AvgIpc) is 2.79. The Balaban J connectivity index is 1.52. The first-order chi connectivity index (χ1) is 12.1. The van der Waals surface area contributed by atoms with Crippen LogP contribution in [0.5, 0.6) is 0 Å². The smallest absolute Gasteiger partial charge is 0.328 e. The van der Waals surface area contributed by atoms with Gasteiger partial charge in [0.25, 0.3) is 0 Å². The van der Waals surface area contributed by atoms with Gasteiger partial charge in [0.2, 0.25) is 5.91 Å². The zero-order valence-corrected chi connectivity index (χ0v) is 14.9. The molecule has 3 bridgehead atoms. The molecular formula is C21H27NO3. The summed E-state index contributed by atoms with van der Waals surface area (Å²) in [6, 6.07) is 9.21. The average molecular weight is 341 g/mol. The highest BCUT2D eigenvalue weighted by atomic mass is 16.5. The molecule has 1 N–H and O–H groups in total. The van der Waals surface area contributed by atoms with Gasteiger partial charge in [-0.2, -0.15) is 0 Å². The number of nitrogens with one attached hydrogen (secondary N) is 1. The Labute approximate surface area is 149 Å². The number of methoxy groups -OCH3 is 1. The van der Waals surface area contributed by atoms with Crippen molar-refractivity contribution < 1.29 is 14.3 Å². The van der Waals surface area contributed by atoms with Crippen LogP contribution in [0, 0.1) is 23.2 Å². The Morgan fingerprint density at radius 2 is 1.92 bits per heavy atom. The van der Waals surface area contributed by atoms with E-state index in [4.69, 9.17) is 4.74 Å². The number of ether oxygens (including phenoxy) is 1. The molecule has 0 heterocycles. The van der Waals surface area contributed by atoms with Crippen LogP contribution in [0.4, 0.5) is 0 Å². The van der Waals surface area contributed by atoms with Gasteiger partial charge in [0, 0.05) is 6.42 Å². The molecule has 1 aromatic carbocycles. The third kappa shape index (κ3) is 2.96. The summed E-state index contributed by atoms with van der Waals surface area (Å²) in [5.74, 6) is 1.66. The van der Waals surface area contributed by atoms with Crippen LogP contribution in [-0.4, -0.2) is 25.0 Å². The number of benzene rings is 1. The van der Waals surface area contributed by atoms with Crippen molar-refractivity contribution in [3.8, 4) is 0 Å². The standard InChI is InChI=1S/C21H27NO3/c1-25-19(23)18(11-14-5-3-2-4-6-14)22-20(24)21-12-15-7-8-17(21)10-16(9-15)13-21/h2-6,15-18H,7-13H2,1H3,(H,22,24)/t15-,16-,17+,18-,21+/m1/s1. The summed E-state index contributed by atoms with van der Waals surface area (Å²) in [6.07, 6.45) is 7.46. The molecule has 4 nitrogen and oxygen atoms in total. The minimum Gasteiger partial charge on any atom is -0.467 e. The van der Waals surface area contributed by atoms with Crippen LogP contribution in [0.2, 0.25) is 0 Å². The number of esters is 1. The Kier molecular flexibility index (Phi) is 4.30. The van der Waals surface area contributed by atoms with E-state index >= 15 is 0 Å². The van der Waals surface area contributed by atoms with Crippen molar-refractivity contribution in [2.45, 2.75) is 51.0 Å². The molecule has 3 aliphatic rings. The molecule has 0 spiro atoms. The second kappa shape index (κ2) is 6.47. The first kappa shape index (κ1) is 16.6. The lowest BCUT2D eigenvalue weighted by Crippen LogP contribution is -2.53. The monoisotopic (exact) mass is 341 g/mol. The maximum atomic E-state index is 13.3. The highest BCUT2D eigenvalue weighted by Crippen LogP contribution is 2.62. The lowest BCUT2D eigenvalue weighted by molar-refractivity contribution is -0.148. The number of rotatable bonds is 5. The number of hydrogen-bond acceptors (Lipinski definition) is 3. The predicted octanol–water partition coefficient (Wildman–Crippen LogP) is 3.10. The number of fused-ring (bicyclic) bond motifs is 2. The van der Waals surface area contributed by atoms with Crippen LogP contribution in [0.1, 0.15) is 44.1 Å². The summed E-state index contributed by atoms with van der Waals surface area (Å²) in [5.41, 5.74) is 0.805. The third-order valence-corrected chi connectivity index (χ3v) is 6.82. The van der Waals surface area contributed by atoms with Crippen molar-refractivity contribution in [3.05, 3.63) is 35.9 Å². The minimum atomic E-state index is -0.603. The number of amides is 1. The van der Waals surface area contributed by atoms with Crippen LogP contribution < -0.4 is 5.32 Å². The van der Waals surface area contributed by atoms with E-state index in [1.165, 1.54) is 32.8 Å². The fourth-order valence-electron chi connectivity index (χ4n) is 5.80. The molecule has 0 aliphatic heterocycles. The first-order valence-corrected chi connectivity index (χ1v) is 9.53. The van der Waals surface area contributed by atoms with Gasteiger partial charge in [-0.1, -0.05) is 36.8 Å². The third-order valence-electron chi connectivity index (χ3n) is 6.82. The van der Waals surface area contributed by atoms with Crippen molar-refractivity contribution >= 4 is 11.9 Å². The molecule has 0 aromatic heterocycles. The van der Waals surface area contributed by atoms with Crippen LogP contribution in [0.15, 0.2) is 30.3 Å². The molecule has 1 aromatic rings. The summed E-state index contributed by atoms with van der Waals surface area (Å²) in [5, 5.41) is 3.08. The molecule has 3 fully saturated rings. The molecular weight excluding hydrogens is 314 g/mol. The van der Waals surface area contributed by atoms with Crippen molar-refractivity contribution in [1.29, 1.82) is 0 Å². The van der Waals surface area contributed by atoms with E-state index in [2.05, 4.69) is 5.32 Å². The van der Waals surface area contributed by atoms with E-state index in [-0.39, 0.29) is 17.3 Å². The summed E-state index contributed by atoms with van der Waals surface area (Å²) in [7, 11) is 1.39. The molecule has 4 rings (SSSR count). The second-order valence-electron chi connectivity index (χ2n) is 8.28. The summed E-state index contributed by atoms with van der Waals surface area (Å²) in [4.78, 5) is 25.5. The summed E-state index contributed by atoms with van der Waals surface area (Å²) in [6.45, 7) is 0. The van der Waals surface area contributed by atoms with Gasteiger partial charge in [0.1, 0.15) is 6.04 Å². The van der Waals surface area contributed by atoms with Gasteiger partial charge in [-0.3, -0.25) is 4.79 Å². The van der Waals surface area contributed by atoms with E-state index in [0.29, 0.717) is 24.2 Å². The van der Waals surface area contributed by atoms with Crippen molar-refractivity contribution in [2.75, 3.05) is 7.11 Å². The zero-order valence-electron chi connectivity index (χ0n) is 14.9. The Hall–Kier alpha value is -1.84. The molecule has 25 heavy (non-hydrogen) atoms. The quantitative estimate of drug-likeness (QED) is 0.837. The Bertz CT molecular complexity index is 658. The van der Waals surface area contributed by atoms with Gasteiger partial charge in [0.15, 0.2) is 0 Å². The van der Waals surface area contributed by atoms with Crippen molar-refractivity contribution in [3.63, 3.8) is 0 Å². The maximum absolute atomic E-state index is 13.3. The normalized spacial score (nSPS) is 33.7. The van der Waals surface area contributed by atoms with Crippen LogP contribution in [0.25, 0.3) is 0 Å². The van der Waals surface area contributed by atoms with Crippen LogP contribution >= 0.6 is 0 Å². The second-order valence-corrected chi connectivity index (χ2v) is 8.28. The summed E-state index contributed by atoms with van der Waals surface area (Å²) < 4.78 is 4.96. The number of carbonyl (C=O) groups is 2. The lowest BCUT2D eigenvalue weighted by Gasteiger charge is -2.44. The highest BCUT2D eigenvalue weighted by Gasteiger charge is 2.58. The van der Waals surface area contributed by atoms with Gasteiger partial charge in [-0.15, -0.1) is 0 Å². The van der Waals surface area contributed by atoms with E-state index < -0.39 is 6.04 Å². The van der Waals surface area contributed by atoms with Crippen molar-refractivity contribution in [1.82, 2.24) is 5.32 Å². The zero-order chi connectivity index (χ0) is 17.4.